The molecule has 1 atom stereocenters. The van der Waals surface area contributed by atoms with Crippen molar-refractivity contribution in [3.8, 4) is 0 Å². The molecule has 1 saturated heterocycles. The van der Waals surface area contributed by atoms with E-state index in [9.17, 15) is 14.4 Å². The molecule has 33 heavy (non-hydrogen) atoms. The molecule has 0 aromatic heterocycles. The lowest BCUT2D eigenvalue weighted by Crippen LogP contribution is -2.56. The third-order valence-corrected chi connectivity index (χ3v) is 5.68. The fourth-order valence-electron chi connectivity index (χ4n) is 3.59. The molecule has 1 aliphatic rings. The molecule has 1 fully saturated rings. The molecule has 0 aromatic rings. The summed E-state index contributed by atoms with van der Waals surface area (Å²) in [7, 11) is 0. The van der Waals surface area contributed by atoms with Gasteiger partial charge >= 0.3 is 5.97 Å². The molecule has 1 unspecified atom stereocenters. The second-order valence-corrected chi connectivity index (χ2v) is 10.0. The first-order valence-corrected chi connectivity index (χ1v) is 12.6. The molecule has 8 heteroatoms. The standard InChI is InChI=1S/C25H46N2O6/c1-6-7-8-9-10-11-12-14-20(28)26-16-13-18-31-21(29)15-17-27-23(30)22-24(2,3)19-32-25(4,5)33-22/h22H,6-19H2,1-5H3,(H,26,28)(H,27,30). The van der Waals surface area contributed by atoms with Gasteiger partial charge in [-0.05, 0) is 26.7 Å². The Morgan fingerprint density at radius 3 is 2.24 bits per heavy atom. The van der Waals surface area contributed by atoms with Crippen molar-refractivity contribution in [2.75, 3.05) is 26.3 Å². The molecule has 1 aliphatic heterocycles. The van der Waals surface area contributed by atoms with Crippen LogP contribution in [0.2, 0.25) is 0 Å². The van der Waals surface area contributed by atoms with E-state index < -0.39 is 17.3 Å². The van der Waals surface area contributed by atoms with Gasteiger partial charge in [0.15, 0.2) is 5.79 Å². The average Bonchev–Trinajstić information content (AvgIpc) is 2.74. The van der Waals surface area contributed by atoms with Crippen LogP contribution in [0.1, 0.15) is 98.8 Å². The van der Waals surface area contributed by atoms with Gasteiger partial charge in [0, 0.05) is 24.9 Å². The molecule has 2 N–H and O–H groups in total. The van der Waals surface area contributed by atoms with Crippen LogP contribution >= 0.6 is 0 Å². The van der Waals surface area contributed by atoms with Crippen LogP contribution in [0.5, 0.6) is 0 Å². The molecular weight excluding hydrogens is 424 g/mol. The van der Waals surface area contributed by atoms with E-state index in [0.29, 0.717) is 26.0 Å². The first kappa shape index (κ1) is 29.4. The maximum absolute atomic E-state index is 12.5. The number of rotatable bonds is 16. The molecule has 2 amide bonds. The van der Waals surface area contributed by atoms with Gasteiger partial charge in [-0.15, -0.1) is 0 Å². The summed E-state index contributed by atoms with van der Waals surface area (Å²) in [5.41, 5.74) is -0.459. The molecule has 0 radical (unpaired) electrons. The number of ether oxygens (including phenoxy) is 3. The lowest BCUT2D eigenvalue weighted by molar-refractivity contribution is -0.304. The third-order valence-electron chi connectivity index (χ3n) is 5.68. The second kappa shape index (κ2) is 15.3. The highest BCUT2D eigenvalue weighted by Crippen LogP contribution is 2.34. The maximum Gasteiger partial charge on any atom is 0.307 e. The van der Waals surface area contributed by atoms with Crippen molar-refractivity contribution in [2.45, 2.75) is 111 Å². The van der Waals surface area contributed by atoms with Crippen LogP contribution in [-0.4, -0.2) is 56.0 Å². The maximum atomic E-state index is 12.5. The fourth-order valence-corrected chi connectivity index (χ4v) is 3.59. The van der Waals surface area contributed by atoms with E-state index in [1.165, 1.54) is 32.1 Å². The van der Waals surface area contributed by atoms with E-state index in [1.54, 1.807) is 13.8 Å². The van der Waals surface area contributed by atoms with Crippen molar-refractivity contribution in [3.05, 3.63) is 0 Å². The van der Waals surface area contributed by atoms with Crippen LogP contribution in [0.3, 0.4) is 0 Å². The van der Waals surface area contributed by atoms with Gasteiger partial charge in [-0.1, -0.05) is 59.3 Å². The third kappa shape index (κ3) is 13.0. The van der Waals surface area contributed by atoms with Crippen LogP contribution in [0.25, 0.3) is 0 Å². The van der Waals surface area contributed by atoms with Gasteiger partial charge in [-0.25, -0.2) is 0 Å². The second-order valence-electron chi connectivity index (χ2n) is 10.0. The topological polar surface area (TPSA) is 103 Å². The minimum atomic E-state index is -0.819. The summed E-state index contributed by atoms with van der Waals surface area (Å²) in [6, 6.07) is 0. The summed E-state index contributed by atoms with van der Waals surface area (Å²) in [5.74, 6) is -1.40. The molecule has 192 valence electrons. The quantitative estimate of drug-likeness (QED) is 0.262. The first-order valence-electron chi connectivity index (χ1n) is 12.6. The van der Waals surface area contributed by atoms with Crippen molar-refractivity contribution in [2.24, 2.45) is 5.41 Å². The van der Waals surface area contributed by atoms with E-state index in [-0.39, 0.29) is 37.4 Å². The van der Waals surface area contributed by atoms with E-state index >= 15 is 0 Å². The lowest BCUT2D eigenvalue weighted by atomic mass is 9.85. The molecule has 1 heterocycles. The molecule has 0 saturated carbocycles. The van der Waals surface area contributed by atoms with Crippen molar-refractivity contribution in [1.29, 1.82) is 0 Å². The van der Waals surface area contributed by atoms with Gasteiger partial charge in [0.2, 0.25) is 11.8 Å². The Kier molecular flexibility index (Phi) is 13.6. The highest BCUT2D eigenvalue weighted by Gasteiger charge is 2.45. The number of amides is 2. The van der Waals surface area contributed by atoms with E-state index in [4.69, 9.17) is 14.2 Å². The molecular formula is C25H46N2O6. The van der Waals surface area contributed by atoms with Crippen LogP contribution in [-0.2, 0) is 28.6 Å². The average molecular weight is 471 g/mol. The molecule has 0 bridgehead atoms. The molecule has 8 nitrogen and oxygen atoms in total. The Labute approximate surface area is 199 Å². The highest BCUT2D eigenvalue weighted by atomic mass is 16.7. The van der Waals surface area contributed by atoms with Crippen LogP contribution in [0.15, 0.2) is 0 Å². The Morgan fingerprint density at radius 2 is 1.55 bits per heavy atom. The van der Waals surface area contributed by atoms with Crippen LogP contribution < -0.4 is 10.6 Å². The number of nitrogens with one attached hydrogen (secondary N) is 2. The molecule has 0 aliphatic carbocycles. The fraction of sp³-hybridized carbons (Fsp3) is 0.880. The largest absolute Gasteiger partial charge is 0.466 e. The summed E-state index contributed by atoms with van der Waals surface area (Å²) < 4.78 is 16.6. The number of carbonyl (C=O) groups is 3. The normalized spacial score (nSPS) is 19.0. The number of carbonyl (C=O) groups excluding carboxylic acids is 3. The van der Waals surface area contributed by atoms with Gasteiger partial charge in [0.05, 0.1) is 19.6 Å². The zero-order valence-electron chi connectivity index (χ0n) is 21.4. The molecule has 0 aromatic carbocycles. The number of hydrogen-bond acceptors (Lipinski definition) is 6. The highest BCUT2D eigenvalue weighted by molar-refractivity contribution is 5.82. The van der Waals surface area contributed by atoms with Crippen molar-refractivity contribution >= 4 is 17.8 Å². The number of unbranched alkanes of at least 4 members (excludes halogenated alkanes) is 6. The number of esters is 1. The number of hydrogen-bond donors (Lipinski definition) is 2. The minimum absolute atomic E-state index is 0.0547. The zero-order chi connectivity index (χ0) is 24.7. The van der Waals surface area contributed by atoms with Crippen LogP contribution in [0.4, 0.5) is 0 Å². The smallest absolute Gasteiger partial charge is 0.307 e. The molecule has 0 spiro atoms. The summed E-state index contributed by atoms with van der Waals surface area (Å²) in [5, 5.41) is 5.62. The van der Waals surface area contributed by atoms with E-state index in [1.807, 2.05) is 13.8 Å². The van der Waals surface area contributed by atoms with Gasteiger partial charge in [-0.3, -0.25) is 14.4 Å². The van der Waals surface area contributed by atoms with Crippen LogP contribution in [0, 0.1) is 5.41 Å². The predicted molar refractivity (Wildman–Crippen MR) is 128 cm³/mol. The summed E-state index contributed by atoms with van der Waals surface area (Å²) in [4.78, 5) is 36.2. The summed E-state index contributed by atoms with van der Waals surface area (Å²) in [6.45, 7) is 10.9. The van der Waals surface area contributed by atoms with E-state index in [2.05, 4.69) is 17.6 Å². The Morgan fingerprint density at radius 1 is 0.879 bits per heavy atom. The van der Waals surface area contributed by atoms with Gasteiger partial charge in [0.25, 0.3) is 0 Å². The summed E-state index contributed by atoms with van der Waals surface area (Å²) in [6.07, 6.45) is 8.86. The van der Waals surface area contributed by atoms with Crippen molar-refractivity contribution < 1.29 is 28.6 Å². The first-order chi connectivity index (χ1) is 15.6. The Bertz CT molecular complexity index is 606. The lowest BCUT2D eigenvalue weighted by Gasteiger charge is -2.44. The SMILES string of the molecule is CCCCCCCCCC(=O)NCCCOC(=O)CCNC(=O)C1OC(C)(C)OCC1(C)C. The van der Waals surface area contributed by atoms with Gasteiger partial charge < -0.3 is 24.8 Å². The Hall–Kier alpha value is -1.67. The minimum Gasteiger partial charge on any atom is -0.466 e. The van der Waals surface area contributed by atoms with Gasteiger partial charge in [0.1, 0.15) is 6.10 Å². The van der Waals surface area contributed by atoms with Gasteiger partial charge in [-0.2, -0.15) is 0 Å². The monoisotopic (exact) mass is 470 g/mol. The van der Waals surface area contributed by atoms with Crippen molar-refractivity contribution in [3.63, 3.8) is 0 Å². The van der Waals surface area contributed by atoms with Crippen molar-refractivity contribution in [1.82, 2.24) is 10.6 Å². The Balaban J connectivity index is 2.05. The summed E-state index contributed by atoms with van der Waals surface area (Å²) >= 11 is 0. The predicted octanol–water partition coefficient (Wildman–Crippen LogP) is 3.86. The zero-order valence-corrected chi connectivity index (χ0v) is 21.4. The van der Waals surface area contributed by atoms with E-state index in [0.717, 1.165) is 12.8 Å². The molecule has 1 rings (SSSR count).